The van der Waals surface area contributed by atoms with Gasteiger partial charge in [-0.3, -0.25) is 4.79 Å². The van der Waals surface area contributed by atoms with E-state index in [0.717, 1.165) is 11.6 Å². The van der Waals surface area contributed by atoms with E-state index >= 15 is 0 Å². The fourth-order valence-corrected chi connectivity index (χ4v) is 2.83. The summed E-state index contributed by atoms with van der Waals surface area (Å²) in [5.74, 6) is 1.41. The normalized spacial score (nSPS) is 13.8. The number of hydrogen-bond donors (Lipinski definition) is 0. The van der Waals surface area contributed by atoms with Crippen molar-refractivity contribution >= 4 is 17.5 Å². The predicted molar refractivity (Wildman–Crippen MR) is 83.1 cm³/mol. The molecule has 10 heteroatoms. The summed E-state index contributed by atoms with van der Waals surface area (Å²) in [6.45, 7) is 2.13. The summed E-state index contributed by atoms with van der Waals surface area (Å²) in [5.41, 5.74) is 0.333. The Hall–Kier alpha value is -2.81. The van der Waals surface area contributed by atoms with Crippen LogP contribution in [0, 0.1) is 0 Å². The highest BCUT2D eigenvalue weighted by molar-refractivity contribution is 6.29. The average molecular weight is 345 g/mol. The molecule has 4 rings (SSSR count). The minimum atomic E-state index is -0.160. The lowest BCUT2D eigenvalue weighted by Gasteiger charge is -2.27. The van der Waals surface area contributed by atoms with Gasteiger partial charge >= 0.3 is 0 Å². The molecule has 4 heterocycles. The Bertz CT molecular complexity index is 875. The third-order valence-electron chi connectivity index (χ3n) is 3.84. The van der Waals surface area contributed by atoms with Gasteiger partial charge in [-0.15, -0.1) is 20.4 Å². The highest BCUT2D eigenvalue weighted by Gasteiger charge is 2.26. The van der Waals surface area contributed by atoms with E-state index in [0.29, 0.717) is 37.0 Å². The van der Waals surface area contributed by atoms with Crippen molar-refractivity contribution < 1.29 is 4.79 Å². The Kier molecular flexibility index (Phi) is 3.69. The monoisotopic (exact) mass is 344 g/mol. The maximum absolute atomic E-state index is 12.6. The summed E-state index contributed by atoms with van der Waals surface area (Å²) in [5, 5.41) is 16.3. The van der Waals surface area contributed by atoms with Crippen LogP contribution in [-0.4, -0.2) is 51.9 Å². The fourth-order valence-electron chi connectivity index (χ4n) is 2.66. The van der Waals surface area contributed by atoms with Crippen LogP contribution in [0.5, 0.6) is 0 Å². The van der Waals surface area contributed by atoms with Crippen LogP contribution in [0.2, 0.25) is 5.15 Å². The maximum atomic E-state index is 12.6. The molecule has 0 N–H and O–H groups in total. The van der Waals surface area contributed by atoms with Gasteiger partial charge in [0.15, 0.2) is 11.6 Å². The van der Waals surface area contributed by atoms with Crippen LogP contribution in [0.4, 0.5) is 0 Å². The van der Waals surface area contributed by atoms with Gasteiger partial charge < -0.3 is 14.0 Å². The number of fused-ring (bicyclic) bond motifs is 1. The molecule has 24 heavy (non-hydrogen) atoms. The Morgan fingerprint density at radius 2 is 2.00 bits per heavy atom. The summed E-state index contributed by atoms with van der Waals surface area (Å²) < 4.78 is 3.85. The van der Waals surface area contributed by atoms with Crippen LogP contribution in [0.3, 0.4) is 0 Å². The third-order valence-corrected chi connectivity index (χ3v) is 4.05. The topological polar surface area (TPSA) is 94.6 Å². The molecular formula is C14H13ClN8O. The highest BCUT2D eigenvalue weighted by Crippen LogP contribution is 2.16. The number of pyridine rings is 1. The van der Waals surface area contributed by atoms with Crippen molar-refractivity contribution in [3.63, 3.8) is 0 Å². The van der Waals surface area contributed by atoms with Gasteiger partial charge in [-0.25, -0.2) is 4.98 Å². The van der Waals surface area contributed by atoms with Crippen LogP contribution in [0.25, 0.3) is 0 Å². The standard InChI is InChI=1S/C14H13ClN8O/c15-11-3-1-2-10(18-11)14(24)22-4-5-23-12(19-20-13(23)7-22)6-21-8-16-17-9-21/h1-3,8-9H,4-7H2. The minimum Gasteiger partial charge on any atom is -0.328 e. The van der Waals surface area contributed by atoms with Crippen LogP contribution >= 0.6 is 11.6 Å². The zero-order chi connectivity index (χ0) is 16.5. The lowest BCUT2D eigenvalue weighted by molar-refractivity contribution is 0.0700. The van der Waals surface area contributed by atoms with Crippen LogP contribution < -0.4 is 0 Å². The summed E-state index contributed by atoms with van der Waals surface area (Å²) in [4.78, 5) is 18.3. The molecule has 3 aromatic rings. The van der Waals surface area contributed by atoms with Crippen LogP contribution in [0.1, 0.15) is 22.1 Å². The molecule has 0 radical (unpaired) electrons. The van der Waals surface area contributed by atoms with Crippen molar-refractivity contribution in [1.82, 2.24) is 39.4 Å². The molecular weight excluding hydrogens is 332 g/mol. The molecule has 3 aromatic heterocycles. The van der Waals surface area contributed by atoms with Gasteiger partial charge in [-0.1, -0.05) is 17.7 Å². The molecule has 0 aliphatic carbocycles. The molecule has 1 aliphatic rings. The van der Waals surface area contributed by atoms with Crippen molar-refractivity contribution in [2.24, 2.45) is 0 Å². The van der Waals surface area contributed by atoms with Crippen molar-refractivity contribution in [3.8, 4) is 0 Å². The van der Waals surface area contributed by atoms with Gasteiger partial charge in [0.1, 0.15) is 23.5 Å². The molecule has 0 unspecified atom stereocenters. The number of hydrogen-bond acceptors (Lipinski definition) is 6. The van der Waals surface area contributed by atoms with Gasteiger partial charge in [0, 0.05) is 13.1 Å². The Morgan fingerprint density at radius 1 is 1.17 bits per heavy atom. The molecule has 0 spiro atoms. The van der Waals surface area contributed by atoms with E-state index in [1.807, 2.05) is 9.13 Å². The van der Waals surface area contributed by atoms with E-state index in [1.54, 1.807) is 35.8 Å². The Balaban J connectivity index is 1.52. The second-order valence-corrected chi connectivity index (χ2v) is 5.78. The number of aromatic nitrogens is 7. The first kappa shape index (κ1) is 14.8. The van der Waals surface area contributed by atoms with Crippen molar-refractivity contribution in [3.05, 3.63) is 53.3 Å². The molecule has 9 nitrogen and oxygen atoms in total. The van der Waals surface area contributed by atoms with Gasteiger partial charge in [0.2, 0.25) is 0 Å². The van der Waals surface area contributed by atoms with E-state index < -0.39 is 0 Å². The van der Waals surface area contributed by atoms with E-state index in [1.165, 1.54) is 0 Å². The van der Waals surface area contributed by atoms with E-state index in [2.05, 4.69) is 25.4 Å². The van der Waals surface area contributed by atoms with E-state index in [-0.39, 0.29) is 5.91 Å². The average Bonchev–Trinajstić information content (AvgIpc) is 3.24. The molecule has 0 saturated carbocycles. The van der Waals surface area contributed by atoms with Gasteiger partial charge in [-0.2, -0.15) is 0 Å². The molecule has 1 amide bonds. The maximum Gasteiger partial charge on any atom is 0.272 e. The first-order chi connectivity index (χ1) is 11.7. The number of carbonyl (C=O) groups is 1. The van der Waals surface area contributed by atoms with E-state index in [9.17, 15) is 4.79 Å². The van der Waals surface area contributed by atoms with Crippen molar-refractivity contribution in [2.75, 3.05) is 6.54 Å². The number of nitrogens with zero attached hydrogens (tertiary/aromatic N) is 8. The second kappa shape index (κ2) is 6.00. The number of amides is 1. The lowest BCUT2D eigenvalue weighted by Crippen LogP contribution is -2.39. The van der Waals surface area contributed by atoms with Crippen molar-refractivity contribution in [1.29, 1.82) is 0 Å². The largest absolute Gasteiger partial charge is 0.328 e. The van der Waals surface area contributed by atoms with Gasteiger partial charge in [0.25, 0.3) is 5.91 Å². The fraction of sp³-hybridized carbons (Fsp3) is 0.286. The first-order valence-corrected chi connectivity index (χ1v) is 7.74. The van der Waals surface area contributed by atoms with Gasteiger partial charge in [0.05, 0.1) is 13.1 Å². The summed E-state index contributed by atoms with van der Waals surface area (Å²) in [6, 6.07) is 5.01. The molecule has 0 aromatic carbocycles. The second-order valence-electron chi connectivity index (χ2n) is 5.39. The summed E-state index contributed by atoms with van der Waals surface area (Å²) in [6.07, 6.45) is 3.26. The quantitative estimate of drug-likeness (QED) is 0.646. The zero-order valence-electron chi connectivity index (χ0n) is 12.6. The lowest BCUT2D eigenvalue weighted by atomic mass is 10.2. The molecule has 0 fully saturated rings. The summed E-state index contributed by atoms with van der Waals surface area (Å²) in [7, 11) is 0. The van der Waals surface area contributed by atoms with Crippen LogP contribution in [-0.2, 0) is 19.6 Å². The Morgan fingerprint density at radius 3 is 2.79 bits per heavy atom. The Labute approximate surface area is 141 Å². The summed E-state index contributed by atoms with van der Waals surface area (Å²) >= 11 is 5.86. The first-order valence-electron chi connectivity index (χ1n) is 7.36. The molecule has 0 saturated heterocycles. The van der Waals surface area contributed by atoms with Crippen molar-refractivity contribution in [2.45, 2.75) is 19.6 Å². The minimum absolute atomic E-state index is 0.160. The molecule has 1 aliphatic heterocycles. The highest BCUT2D eigenvalue weighted by atomic mass is 35.5. The SMILES string of the molecule is O=C(c1cccc(Cl)n1)N1CCn2c(nnc2Cn2cnnc2)C1. The van der Waals surface area contributed by atoms with E-state index in [4.69, 9.17) is 11.6 Å². The predicted octanol–water partition coefficient (Wildman–Crippen LogP) is 0.622. The molecule has 0 bridgehead atoms. The number of carbonyl (C=O) groups excluding carboxylic acids is 1. The van der Waals surface area contributed by atoms with Crippen LogP contribution in [0.15, 0.2) is 30.9 Å². The smallest absolute Gasteiger partial charge is 0.272 e. The number of halogens is 1. The zero-order valence-corrected chi connectivity index (χ0v) is 13.3. The molecule has 0 atom stereocenters. The van der Waals surface area contributed by atoms with Gasteiger partial charge in [-0.05, 0) is 12.1 Å². The molecule has 122 valence electrons. The number of rotatable bonds is 3. The third kappa shape index (κ3) is 2.73.